The zero-order valence-corrected chi connectivity index (χ0v) is 14.8. The topological polar surface area (TPSA) is 53.5 Å². The summed E-state index contributed by atoms with van der Waals surface area (Å²) in [5.74, 6) is 1.22. The Hall–Kier alpha value is -0.520. The van der Waals surface area contributed by atoms with E-state index in [9.17, 15) is 5.11 Å². The number of rotatable bonds is 6. The quantitative estimate of drug-likeness (QED) is 0.729. The highest BCUT2D eigenvalue weighted by Gasteiger charge is 2.24. The summed E-state index contributed by atoms with van der Waals surface area (Å²) in [5, 5.41) is 17.2. The molecule has 0 aromatic heterocycles. The van der Waals surface area contributed by atoms with Crippen molar-refractivity contribution >= 4 is 24.0 Å². The van der Waals surface area contributed by atoms with E-state index < -0.39 is 0 Å². The fourth-order valence-corrected chi connectivity index (χ4v) is 3.50. The minimum absolute atomic E-state index is 0. The Bertz CT molecular complexity index is 495. The lowest BCUT2D eigenvalue weighted by molar-refractivity contribution is 0.146. The molecule has 1 saturated heterocycles. The van der Waals surface area contributed by atoms with E-state index >= 15 is 0 Å². The zero-order chi connectivity index (χ0) is 15.4. The molecule has 1 aromatic carbocycles. The molecule has 1 aromatic rings. The first kappa shape index (κ1) is 18.8. The lowest BCUT2D eigenvalue weighted by Crippen LogP contribution is -2.30. The van der Waals surface area contributed by atoms with Gasteiger partial charge in [0.25, 0.3) is 0 Å². The molecule has 130 valence electrons. The van der Waals surface area contributed by atoms with Crippen LogP contribution in [0.2, 0.25) is 5.02 Å². The summed E-state index contributed by atoms with van der Waals surface area (Å²) in [6, 6.07) is 5.84. The van der Waals surface area contributed by atoms with Crippen LogP contribution in [0, 0.1) is 5.92 Å². The molecule has 0 spiro atoms. The summed E-state index contributed by atoms with van der Waals surface area (Å²) in [7, 11) is 0. The van der Waals surface area contributed by atoms with E-state index in [1.807, 2.05) is 18.2 Å². The van der Waals surface area contributed by atoms with Gasteiger partial charge in [0.2, 0.25) is 0 Å². The molecule has 2 atom stereocenters. The van der Waals surface area contributed by atoms with Gasteiger partial charge in [0.1, 0.15) is 5.75 Å². The Morgan fingerprint density at radius 2 is 2.04 bits per heavy atom. The highest BCUT2D eigenvalue weighted by atomic mass is 35.5. The summed E-state index contributed by atoms with van der Waals surface area (Å²) >= 11 is 6.13. The number of hydrogen-bond donors (Lipinski definition) is 3. The van der Waals surface area contributed by atoms with Gasteiger partial charge in [0, 0.05) is 42.7 Å². The van der Waals surface area contributed by atoms with Crippen molar-refractivity contribution in [2.45, 2.75) is 44.4 Å². The number of benzene rings is 1. The SMILES string of the molecule is Cl.OC1CNCC1CNCc1cc(Cl)ccc1OC1CCCC1. The van der Waals surface area contributed by atoms with Gasteiger partial charge in [0.05, 0.1) is 12.2 Å². The molecular weight excluding hydrogens is 335 g/mol. The van der Waals surface area contributed by atoms with Crippen molar-refractivity contribution in [1.82, 2.24) is 10.6 Å². The van der Waals surface area contributed by atoms with Gasteiger partial charge in [0.15, 0.2) is 0 Å². The van der Waals surface area contributed by atoms with Gasteiger partial charge >= 0.3 is 0 Å². The molecular formula is C17H26Cl2N2O2. The summed E-state index contributed by atoms with van der Waals surface area (Å²) in [6.45, 7) is 3.07. The minimum atomic E-state index is -0.249. The van der Waals surface area contributed by atoms with Crippen LogP contribution in [0.4, 0.5) is 0 Å². The van der Waals surface area contributed by atoms with Crippen molar-refractivity contribution in [2.75, 3.05) is 19.6 Å². The predicted octanol–water partition coefficient (Wildman–Crippen LogP) is 2.75. The molecule has 1 heterocycles. The normalized spacial score (nSPS) is 24.6. The first-order valence-electron chi connectivity index (χ1n) is 8.27. The standard InChI is InChI=1S/C17H25ClN2O2.ClH/c18-14-5-6-17(22-15-3-1-2-4-15)12(7-14)8-19-9-13-10-20-11-16(13)21;/h5-7,13,15-16,19-21H,1-4,8-11H2;1H. The Kier molecular flexibility index (Phi) is 7.44. The Balaban J connectivity index is 0.00000192. The number of aliphatic hydroxyl groups excluding tert-OH is 1. The van der Waals surface area contributed by atoms with Gasteiger partial charge in [-0.1, -0.05) is 11.6 Å². The van der Waals surface area contributed by atoms with E-state index in [2.05, 4.69) is 10.6 Å². The van der Waals surface area contributed by atoms with Crippen LogP contribution in [0.5, 0.6) is 5.75 Å². The van der Waals surface area contributed by atoms with Crippen LogP contribution in [0.1, 0.15) is 31.2 Å². The average molecular weight is 361 g/mol. The van der Waals surface area contributed by atoms with Crippen LogP contribution in [-0.2, 0) is 6.54 Å². The van der Waals surface area contributed by atoms with Crippen LogP contribution in [0.15, 0.2) is 18.2 Å². The van der Waals surface area contributed by atoms with Crippen LogP contribution in [0.3, 0.4) is 0 Å². The molecule has 0 bridgehead atoms. The van der Waals surface area contributed by atoms with Gasteiger partial charge < -0.3 is 20.5 Å². The maximum atomic E-state index is 9.83. The molecule has 3 N–H and O–H groups in total. The van der Waals surface area contributed by atoms with Gasteiger partial charge in [-0.15, -0.1) is 12.4 Å². The Morgan fingerprint density at radius 3 is 2.74 bits per heavy atom. The van der Waals surface area contributed by atoms with Gasteiger partial charge in [-0.05, 0) is 43.9 Å². The largest absolute Gasteiger partial charge is 0.490 e. The van der Waals surface area contributed by atoms with Crippen LogP contribution >= 0.6 is 24.0 Å². The van der Waals surface area contributed by atoms with Gasteiger partial charge in [-0.3, -0.25) is 0 Å². The summed E-state index contributed by atoms with van der Waals surface area (Å²) in [5.41, 5.74) is 1.10. The number of halogens is 2. The smallest absolute Gasteiger partial charge is 0.124 e. The molecule has 2 aliphatic rings. The zero-order valence-electron chi connectivity index (χ0n) is 13.3. The van der Waals surface area contributed by atoms with Gasteiger partial charge in [-0.2, -0.15) is 0 Å². The molecule has 0 radical (unpaired) electrons. The molecule has 23 heavy (non-hydrogen) atoms. The lowest BCUT2D eigenvalue weighted by Gasteiger charge is -2.18. The fraction of sp³-hybridized carbons (Fsp3) is 0.647. The second-order valence-corrected chi connectivity index (χ2v) is 6.83. The molecule has 1 saturated carbocycles. The number of hydrogen-bond acceptors (Lipinski definition) is 4. The lowest BCUT2D eigenvalue weighted by atomic mass is 10.1. The molecule has 1 aliphatic heterocycles. The number of β-amino-alcohol motifs (C(OH)–C–C–N with tert-alkyl or cyclic N) is 1. The Morgan fingerprint density at radius 1 is 1.26 bits per heavy atom. The van der Waals surface area contributed by atoms with Crippen LogP contribution in [-0.4, -0.2) is 36.9 Å². The van der Waals surface area contributed by atoms with Crippen molar-refractivity contribution in [1.29, 1.82) is 0 Å². The van der Waals surface area contributed by atoms with E-state index in [1.165, 1.54) is 12.8 Å². The van der Waals surface area contributed by atoms with E-state index in [4.69, 9.17) is 16.3 Å². The average Bonchev–Trinajstić information content (AvgIpc) is 3.14. The maximum absolute atomic E-state index is 9.83. The van der Waals surface area contributed by atoms with E-state index in [1.54, 1.807) is 0 Å². The number of ether oxygens (including phenoxy) is 1. The monoisotopic (exact) mass is 360 g/mol. The van der Waals surface area contributed by atoms with Crippen molar-refractivity contribution in [3.05, 3.63) is 28.8 Å². The number of nitrogens with one attached hydrogen (secondary N) is 2. The highest BCUT2D eigenvalue weighted by Crippen LogP contribution is 2.28. The van der Waals surface area contributed by atoms with Crippen molar-refractivity contribution in [3.63, 3.8) is 0 Å². The first-order chi connectivity index (χ1) is 10.7. The van der Waals surface area contributed by atoms with E-state index in [-0.39, 0.29) is 24.4 Å². The van der Waals surface area contributed by atoms with E-state index in [0.717, 1.165) is 42.3 Å². The highest BCUT2D eigenvalue weighted by molar-refractivity contribution is 6.30. The predicted molar refractivity (Wildman–Crippen MR) is 95.7 cm³/mol. The van der Waals surface area contributed by atoms with E-state index in [0.29, 0.717) is 19.2 Å². The molecule has 6 heteroatoms. The second-order valence-electron chi connectivity index (χ2n) is 6.39. The third-order valence-electron chi connectivity index (χ3n) is 4.64. The van der Waals surface area contributed by atoms with Crippen molar-refractivity contribution < 1.29 is 9.84 Å². The first-order valence-corrected chi connectivity index (χ1v) is 8.65. The van der Waals surface area contributed by atoms with Crippen molar-refractivity contribution in [2.24, 2.45) is 5.92 Å². The summed E-state index contributed by atoms with van der Waals surface area (Å²) in [4.78, 5) is 0. The Labute approximate surface area is 149 Å². The van der Waals surface area contributed by atoms with Crippen molar-refractivity contribution in [3.8, 4) is 5.75 Å². The molecule has 1 aliphatic carbocycles. The molecule has 2 fully saturated rings. The summed E-state index contributed by atoms with van der Waals surface area (Å²) < 4.78 is 6.14. The molecule has 0 amide bonds. The van der Waals surface area contributed by atoms with Crippen LogP contribution in [0.25, 0.3) is 0 Å². The maximum Gasteiger partial charge on any atom is 0.124 e. The summed E-state index contributed by atoms with van der Waals surface area (Å²) in [6.07, 6.45) is 4.92. The molecule has 4 nitrogen and oxygen atoms in total. The third kappa shape index (κ3) is 5.23. The molecule has 3 rings (SSSR count). The third-order valence-corrected chi connectivity index (χ3v) is 4.88. The second kappa shape index (κ2) is 9.09. The fourth-order valence-electron chi connectivity index (χ4n) is 3.31. The number of aliphatic hydroxyl groups is 1. The molecule has 2 unspecified atom stereocenters. The van der Waals surface area contributed by atoms with Crippen LogP contribution < -0.4 is 15.4 Å². The van der Waals surface area contributed by atoms with Gasteiger partial charge in [-0.25, -0.2) is 0 Å². The minimum Gasteiger partial charge on any atom is -0.490 e.